The van der Waals surface area contributed by atoms with Crippen molar-refractivity contribution in [3.8, 4) is 0 Å². The Morgan fingerprint density at radius 2 is 2.10 bits per heavy atom. The smallest absolute Gasteiger partial charge is 0.241 e. The lowest BCUT2D eigenvalue weighted by Crippen LogP contribution is -2.23. The molecule has 0 aliphatic rings. The fourth-order valence-corrected chi connectivity index (χ4v) is 3.87. The van der Waals surface area contributed by atoms with Crippen LogP contribution in [-0.4, -0.2) is 19.6 Å². The number of thiophene rings is 1. The minimum absolute atomic E-state index is 0.0958. The molecule has 0 aromatic carbocycles. The molecular weight excluding hydrogens is 310 g/mol. The molecule has 0 spiro atoms. The summed E-state index contributed by atoms with van der Waals surface area (Å²) < 4.78 is 31.8. The number of nitrogens with one attached hydrogen (secondary N) is 2. The Bertz CT molecular complexity index is 689. The molecule has 8 heteroatoms. The van der Waals surface area contributed by atoms with E-state index in [4.69, 9.17) is 4.52 Å². The van der Waals surface area contributed by atoms with Crippen molar-refractivity contribution >= 4 is 21.4 Å². The van der Waals surface area contributed by atoms with E-state index >= 15 is 0 Å². The van der Waals surface area contributed by atoms with E-state index in [-0.39, 0.29) is 11.4 Å². The summed E-state index contributed by atoms with van der Waals surface area (Å²) in [7, 11) is -3.52. The van der Waals surface area contributed by atoms with Crippen molar-refractivity contribution in [2.75, 3.05) is 0 Å². The highest BCUT2D eigenvalue weighted by atomic mass is 32.2. The third-order valence-corrected chi connectivity index (χ3v) is 5.20. The lowest BCUT2D eigenvalue weighted by atomic mass is 10.4. The van der Waals surface area contributed by atoms with Crippen LogP contribution in [0.4, 0.5) is 0 Å². The van der Waals surface area contributed by atoms with Crippen molar-refractivity contribution in [2.24, 2.45) is 0 Å². The average molecular weight is 329 g/mol. The number of hydrogen-bond acceptors (Lipinski definition) is 6. The number of nitrogens with zero attached hydrogens (tertiary/aromatic N) is 1. The van der Waals surface area contributed by atoms with Gasteiger partial charge in [0, 0.05) is 28.9 Å². The van der Waals surface area contributed by atoms with Gasteiger partial charge in [-0.1, -0.05) is 19.0 Å². The van der Waals surface area contributed by atoms with Crippen molar-refractivity contribution in [2.45, 2.75) is 44.8 Å². The second-order valence-corrected chi connectivity index (χ2v) is 7.81. The van der Waals surface area contributed by atoms with Gasteiger partial charge < -0.3 is 9.84 Å². The molecule has 2 heterocycles. The van der Waals surface area contributed by atoms with Gasteiger partial charge in [-0.15, -0.1) is 11.3 Å². The van der Waals surface area contributed by atoms with E-state index in [9.17, 15) is 8.42 Å². The van der Waals surface area contributed by atoms with Crippen LogP contribution in [0.1, 0.15) is 30.2 Å². The lowest BCUT2D eigenvalue weighted by molar-refractivity contribution is 0.377. The molecule has 0 saturated carbocycles. The highest BCUT2D eigenvalue weighted by Crippen LogP contribution is 2.19. The van der Waals surface area contributed by atoms with Crippen molar-refractivity contribution in [3.63, 3.8) is 0 Å². The van der Waals surface area contributed by atoms with Gasteiger partial charge in [0.1, 0.15) is 0 Å². The maximum Gasteiger partial charge on any atom is 0.241 e. The van der Waals surface area contributed by atoms with Gasteiger partial charge in [-0.25, -0.2) is 13.1 Å². The topological polar surface area (TPSA) is 84.2 Å². The van der Waals surface area contributed by atoms with Gasteiger partial charge in [0.25, 0.3) is 0 Å². The van der Waals surface area contributed by atoms with E-state index in [1.807, 2.05) is 13.8 Å². The molecule has 2 aromatic rings. The molecule has 0 amide bonds. The molecule has 0 unspecified atom stereocenters. The molecular formula is C13H19N3O3S2. The van der Waals surface area contributed by atoms with E-state index in [1.54, 1.807) is 24.4 Å². The number of sulfonamides is 1. The highest BCUT2D eigenvalue weighted by molar-refractivity contribution is 7.89. The zero-order valence-corrected chi connectivity index (χ0v) is 13.8. The molecule has 0 aliphatic carbocycles. The maximum atomic E-state index is 12.2. The van der Waals surface area contributed by atoms with Crippen LogP contribution in [-0.2, 0) is 23.1 Å². The summed E-state index contributed by atoms with van der Waals surface area (Å²) in [5.41, 5.74) is 0.724. The minimum atomic E-state index is -3.52. The zero-order chi connectivity index (χ0) is 15.5. The molecule has 116 valence electrons. The van der Waals surface area contributed by atoms with Gasteiger partial charge in [0.05, 0.1) is 17.1 Å². The molecule has 0 radical (unpaired) electrons. The Labute approximate surface area is 128 Å². The van der Waals surface area contributed by atoms with E-state index < -0.39 is 10.0 Å². The first kappa shape index (κ1) is 16.2. The number of hydrogen-bond donors (Lipinski definition) is 2. The van der Waals surface area contributed by atoms with E-state index in [0.29, 0.717) is 18.3 Å². The maximum absolute atomic E-state index is 12.2. The van der Waals surface area contributed by atoms with Crippen LogP contribution in [0.15, 0.2) is 26.9 Å². The van der Waals surface area contributed by atoms with Crippen LogP contribution < -0.4 is 10.0 Å². The van der Waals surface area contributed by atoms with Gasteiger partial charge in [0.15, 0.2) is 5.76 Å². The largest absolute Gasteiger partial charge is 0.360 e. The van der Waals surface area contributed by atoms with Crippen LogP contribution in [0, 0.1) is 6.92 Å². The van der Waals surface area contributed by atoms with Gasteiger partial charge in [-0.2, -0.15) is 0 Å². The molecule has 0 saturated heterocycles. The fourth-order valence-electron chi connectivity index (χ4n) is 1.65. The molecule has 0 bridgehead atoms. The van der Waals surface area contributed by atoms with Gasteiger partial charge in [-0.05, 0) is 13.0 Å². The fraction of sp³-hybridized carbons (Fsp3) is 0.462. The SMILES string of the molecule is Cc1cc(CNS(=O)(=O)c2csc(CNC(C)C)c2)on1. The monoisotopic (exact) mass is 329 g/mol. The molecule has 21 heavy (non-hydrogen) atoms. The number of rotatable bonds is 7. The van der Waals surface area contributed by atoms with Gasteiger partial charge in [-0.3, -0.25) is 0 Å². The Morgan fingerprint density at radius 3 is 2.71 bits per heavy atom. The summed E-state index contributed by atoms with van der Waals surface area (Å²) in [6, 6.07) is 3.75. The molecule has 2 rings (SSSR count). The molecule has 0 fully saturated rings. The predicted octanol–water partition coefficient (Wildman–Crippen LogP) is 2.02. The van der Waals surface area contributed by atoms with Crippen molar-refractivity contribution < 1.29 is 12.9 Å². The molecule has 0 aliphatic heterocycles. The molecule has 2 aromatic heterocycles. The summed E-state index contributed by atoms with van der Waals surface area (Å²) in [6.45, 7) is 6.64. The van der Waals surface area contributed by atoms with Crippen LogP contribution in [0.3, 0.4) is 0 Å². The number of aryl methyl sites for hydroxylation is 1. The lowest BCUT2D eigenvalue weighted by Gasteiger charge is -2.05. The molecule has 2 N–H and O–H groups in total. The summed E-state index contributed by atoms with van der Waals surface area (Å²) >= 11 is 1.43. The van der Waals surface area contributed by atoms with Gasteiger partial charge in [0.2, 0.25) is 10.0 Å². The summed E-state index contributed by atoms with van der Waals surface area (Å²) in [6.07, 6.45) is 0. The second-order valence-electron chi connectivity index (χ2n) is 5.04. The molecule has 6 nitrogen and oxygen atoms in total. The average Bonchev–Trinajstić information content (AvgIpc) is 3.03. The third kappa shape index (κ3) is 4.63. The standard InChI is InChI=1S/C13H19N3O3S2/c1-9(2)14-7-12-5-13(8-20-12)21(17,18)15-6-11-4-10(3)16-19-11/h4-5,8-9,14-15H,6-7H2,1-3H3. The predicted molar refractivity (Wildman–Crippen MR) is 81.6 cm³/mol. The second kappa shape index (κ2) is 6.69. The van der Waals surface area contributed by atoms with Crippen molar-refractivity contribution in [1.82, 2.24) is 15.2 Å². The highest BCUT2D eigenvalue weighted by Gasteiger charge is 2.17. The zero-order valence-electron chi connectivity index (χ0n) is 12.2. The van der Waals surface area contributed by atoms with Crippen molar-refractivity contribution in [3.05, 3.63) is 33.8 Å². The van der Waals surface area contributed by atoms with Crippen LogP contribution in [0.5, 0.6) is 0 Å². The Hall–Kier alpha value is -1.22. The van der Waals surface area contributed by atoms with Gasteiger partial charge >= 0.3 is 0 Å². The van der Waals surface area contributed by atoms with Crippen LogP contribution in [0.2, 0.25) is 0 Å². The first-order valence-electron chi connectivity index (χ1n) is 6.59. The Morgan fingerprint density at radius 1 is 1.33 bits per heavy atom. The number of aromatic nitrogens is 1. The third-order valence-electron chi connectivity index (χ3n) is 2.74. The summed E-state index contributed by atoms with van der Waals surface area (Å²) in [4.78, 5) is 1.27. The normalized spacial score (nSPS) is 12.2. The van der Waals surface area contributed by atoms with E-state index in [2.05, 4.69) is 15.2 Å². The van der Waals surface area contributed by atoms with Crippen molar-refractivity contribution in [1.29, 1.82) is 0 Å². The van der Waals surface area contributed by atoms with E-state index in [0.717, 1.165) is 10.6 Å². The van der Waals surface area contributed by atoms with Crippen LogP contribution >= 0.6 is 11.3 Å². The first-order chi connectivity index (χ1) is 9.87. The summed E-state index contributed by atoms with van der Waals surface area (Å²) in [5, 5.41) is 8.62. The van der Waals surface area contributed by atoms with E-state index in [1.165, 1.54) is 11.3 Å². The Balaban J connectivity index is 1.99. The summed E-state index contributed by atoms with van der Waals surface area (Å²) in [5.74, 6) is 0.494. The first-order valence-corrected chi connectivity index (χ1v) is 8.96. The van der Waals surface area contributed by atoms with Crippen LogP contribution in [0.25, 0.3) is 0 Å². The molecule has 0 atom stereocenters. The minimum Gasteiger partial charge on any atom is -0.360 e. The Kier molecular flexibility index (Phi) is 5.15. The quantitative estimate of drug-likeness (QED) is 0.812.